The van der Waals surface area contributed by atoms with Gasteiger partial charge in [-0.15, -0.1) is 0 Å². The predicted molar refractivity (Wildman–Crippen MR) is 111 cm³/mol. The van der Waals surface area contributed by atoms with Crippen LogP contribution in [0.5, 0.6) is 0 Å². The molecule has 9 nitrogen and oxygen atoms in total. The maximum atomic E-state index is 11.5. The van der Waals surface area contributed by atoms with Crippen LogP contribution in [0.3, 0.4) is 0 Å². The molecule has 0 spiro atoms. The summed E-state index contributed by atoms with van der Waals surface area (Å²) < 4.78 is 9.19. The van der Waals surface area contributed by atoms with Gasteiger partial charge >= 0.3 is 6.03 Å². The highest BCUT2D eigenvalue weighted by Crippen LogP contribution is 2.25. The number of aromatic nitrogens is 2. The number of hydrogen-bond donors (Lipinski definition) is 3. The molecule has 0 radical (unpaired) electrons. The van der Waals surface area contributed by atoms with Crippen LogP contribution < -0.4 is 16.8 Å². The minimum atomic E-state index is -0.659. The third kappa shape index (κ3) is 4.09. The summed E-state index contributed by atoms with van der Waals surface area (Å²) in [6, 6.07) is 8.90. The number of anilines is 1. The average molecular weight is 392 g/mol. The number of amides is 2. The van der Waals surface area contributed by atoms with E-state index in [1.54, 1.807) is 10.9 Å². The monoisotopic (exact) mass is 392 g/mol. The van der Waals surface area contributed by atoms with Gasteiger partial charge in [0.15, 0.2) is 18.9 Å². The maximum Gasteiger partial charge on any atom is 0.316 e. The molecule has 4 rings (SSSR count). The van der Waals surface area contributed by atoms with Gasteiger partial charge in [0.1, 0.15) is 18.9 Å². The van der Waals surface area contributed by atoms with Crippen molar-refractivity contribution in [1.82, 2.24) is 15.1 Å². The number of nitrogens with zero attached hydrogens (tertiary/aromatic N) is 4. The number of aliphatic imine (C=N–C) groups is 1. The zero-order valence-corrected chi connectivity index (χ0v) is 15.8. The fraction of sp³-hybridized carbons (Fsp3) is 0.200. The van der Waals surface area contributed by atoms with Gasteiger partial charge in [-0.25, -0.2) is 19.0 Å². The first-order chi connectivity index (χ1) is 14.1. The van der Waals surface area contributed by atoms with E-state index in [1.165, 1.54) is 0 Å². The summed E-state index contributed by atoms with van der Waals surface area (Å²) in [6.07, 6.45) is 7.22. The zero-order valence-electron chi connectivity index (χ0n) is 15.8. The van der Waals surface area contributed by atoms with Crippen molar-refractivity contribution in [2.75, 3.05) is 32.0 Å². The molecular weight excluding hydrogens is 370 g/mol. The number of allylic oxidation sites excluding steroid dienone is 3. The van der Waals surface area contributed by atoms with E-state index >= 15 is 0 Å². The third-order valence-electron chi connectivity index (χ3n) is 4.64. The van der Waals surface area contributed by atoms with Crippen molar-refractivity contribution in [2.24, 2.45) is 10.7 Å². The van der Waals surface area contributed by atoms with Gasteiger partial charge in [0.25, 0.3) is 0 Å². The number of urea groups is 1. The van der Waals surface area contributed by atoms with Gasteiger partial charge in [0.05, 0.1) is 23.3 Å². The summed E-state index contributed by atoms with van der Waals surface area (Å²) in [4.78, 5) is 16.1. The van der Waals surface area contributed by atoms with Crippen molar-refractivity contribution in [3.05, 3.63) is 60.5 Å². The molecule has 9 heteroatoms. The van der Waals surface area contributed by atoms with Gasteiger partial charge in [0.2, 0.25) is 5.71 Å². The first kappa shape index (κ1) is 18.6. The Hall–Kier alpha value is -3.72. The second kappa shape index (κ2) is 8.11. The number of para-hydroxylation sites is 1. The number of hydrogen-bond acceptors (Lipinski definition) is 5. The van der Waals surface area contributed by atoms with Gasteiger partial charge < -0.3 is 21.5 Å². The molecule has 1 aliphatic heterocycles. The zero-order chi connectivity index (χ0) is 20.2. The van der Waals surface area contributed by atoms with Crippen LogP contribution in [-0.4, -0.2) is 58.1 Å². The van der Waals surface area contributed by atoms with Crippen LogP contribution in [0.1, 0.15) is 0 Å². The van der Waals surface area contributed by atoms with E-state index in [0.29, 0.717) is 36.1 Å². The second-order valence-corrected chi connectivity index (χ2v) is 6.56. The Labute approximate surface area is 167 Å². The van der Waals surface area contributed by atoms with Gasteiger partial charge in [-0.3, -0.25) is 0 Å². The van der Waals surface area contributed by atoms with Crippen molar-refractivity contribution >= 4 is 29.0 Å². The topological polar surface area (TPSA) is 124 Å². The number of carbonyl (C=O) groups excluding carboxylic acids is 1. The smallest absolute Gasteiger partial charge is 0.316 e. The van der Waals surface area contributed by atoms with Crippen LogP contribution in [0.15, 0.2) is 65.4 Å². The van der Waals surface area contributed by atoms with Crippen molar-refractivity contribution in [3.63, 3.8) is 0 Å². The highest BCUT2D eigenvalue weighted by atomic mass is 16.5. The van der Waals surface area contributed by atoms with Crippen LogP contribution in [-0.2, 0) is 4.74 Å². The van der Waals surface area contributed by atoms with E-state index in [0.717, 1.165) is 24.5 Å². The first-order valence-corrected chi connectivity index (χ1v) is 9.25. The molecule has 2 aromatic rings. The molecule has 1 aromatic carbocycles. The number of nitrogens with two attached hydrogens (primary N) is 2. The van der Waals surface area contributed by atoms with Crippen molar-refractivity contribution < 1.29 is 14.1 Å². The predicted octanol–water partition coefficient (Wildman–Crippen LogP) is 1.13. The maximum absolute atomic E-state index is 11.5. The number of rotatable bonds is 3. The van der Waals surface area contributed by atoms with E-state index in [9.17, 15) is 4.79 Å². The van der Waals surface area contributed by atoms with Gasteiger partial charge in [-0.2, -0.15) is 5.10 Å². The lowest BCUT2D eigenvalue weighted by molar-refractivity contribution is -0.547. The number of ether oxygens (including phenoxy) is 1. The SMILES string of the molecule is NC(=O)NC1=CC(=[N+]2CCOCC2)C=C/C1=N/c1cnn(-c2ccccc2)c1N. The summed E-state index contributed by atoms with van der Waals surface area (Å²) in [5.41, 5.74) is 15.0. The summed E-state index contributed by atoms with van der Waals surface area (Å²) >= 11 is 0. The summed E-state index contributed by atoms with van der Waals surface area (Å²) in [5.74, 6) is 0.401. The molecule has 29 heavy (non-hydrogen) atoms. The van der Waals surface area contributed by atoms with E-state index in [1.807, 2.05) is 48.6 Å². The summed E-state index contributed by atoms with van der Waals surface area (Å²) in [6.45, 7) is 2.90. The normalized spacial score (nSPS) is 18.1. The molecule has 2 aliphatic rings. The number of nitrogen functional groups attached to an aromatic ring is 1. The highest BCUT2D eigenvalue weighted by Gasteiger charge is 2.21. The Balaban J connectivity index is 1.69. The number of carbonyl (C=O) groups is 1. The van der Waals surface area contributed by atoms with Crippen LogP contribution in [0.4, 0.5) is 16.3 Å². The minimum Gasteiger partial charge on any atom is -0.382 e. The van der Waals surface area contributed by atoms with Crippen molar-refractivity contribution in [3.8, 4) is 5.69 Å². The lowest BCUT2D eigenvalue weighted by Gasteiger charge is -2.16. The van der Waals surface area contributed by atoms with E-state index < -0.39 is 6.03 Å². The van der Waals surface area contributed by atoms with Crippen LogP contribution in [0.2, 0.25) is 0 Å². The average Bonchev–Trinajstić information content (AvgIpc) is 3.10. The largest absolute Gasteiger partial charge is 0.382 e. The molecule has 1 fully saturated rings. The Kier molecular flexibility index (Phi) is 5.21. The molecule has 2 amide bonds. The summed E-state index contributed by atoms with van der Waals surface area (Å²) in [7, 11) is 0. The molecule has 1 aliphatic carbocycles. The lowest BCUT2D eigenvalue weighted by atomic mass is 10.1. The van der Waals surface area contributed by atoms with E-state index in [4.69, 9.17) is 16.2 Å². The Morgan fingerprint density at radius 3 is 2.69 bits per heavy atom. The van der Waals surface area contributed by atoms with Crippen LogP contribution in [0.25, 0.3) is 5.69 Å². The third-order valence-corrected chi connectivity index (χ3v) is 4.64. The molecule has 1 aromatic heterocycles. The second-order valence-electron chi connectivity index (χ2n) is 6.56. The molecular formula is C20H22N7O2+. The molecule has 0 saturated carbocycles. The Bertz CT molecular complexity index is 1040. The van der Waals surface area contributed by atoms with E-state index in [-0.39, 0.29) is 0 Å². The lowest BCUT2D eigenvalue weighted by Crippen LogP contribution is -2.36. The molecule has 0 bridgehead atoms. The Morgan fingerprint density at radius 1 is 1.21 bits per heavy atom. The molecule has 148 valence electrons. The Morgan fingerprint density at radius 2 is 1.97 bits per heavy atom. The summed E-state index contributed by atoms with van der Waals surface area (Å²) in [5, 5.41) is 6.98. The minimum absolute atomic E-state index is 0.401. The molecule has 5 N–H and O–H groups in total. The van der Waals surface area contributed by atoms with Crippen molar-refractivity contribution in [2.45, 2.75) is 0 Å². The fourth-order valence-corrected chi connectivity index (χ4v) is 3.21. The standard InChI is InChI=1S/C20H21N7O2/c21-19-18(13-23-27(19)14-4-2-1-3-5-14)24-16-7-6-15(12-17(16)25-20(22)28)26-8-10-29-11-9-26/h1-7,12-13H,8-11H2,(H4,21,22,23,25,28)/p+1. The highest BCUT2D eigenvalue weighted by molar-refractivity contribution is 6.21. The fourth-order valence-electron chi connectivity index (χ4n) is 3.21. The molecule has 0 unspecified atom stereocenters. The van der Waals surface area contributed by atoms with Gasteiger partial charge in [-0.05, 0) is 18.2 Å². The molecule has 0 atom stereocenters. The molecule has 1 saturated heterocycles. The number of nitrogens with one attached hydrogen (secondary N) is 1. The molecule has 2 heterocycles. The first-order valence-electron chi connectivity index (χ1n) is 9.25. The van der Waals surface area contributed by atoms with Crippen LogP contribution >= 0.6 is 0 Å². The van der Waals surface area contributed by atoms with Crippen LogP contribution in [0, 0.1) is 0 Å². The van der Waals surface area contributed by atoms with E-state index in [2.05, 4.69) is 20.0 Å². The number of primary amides is 1. The number of morpholine rings is 1. The number of benzene rings is 1. The van der Waals surface area contributed by atoms with Crippen molar-refractivity contribution in [1.29, 1.82) is 0 Å². The van der Waals surface area contributed by atoms with Gasteiger partial charge in [-0.1, -0.05) is 18.2 Å². The quantitative estimate of drug-likeness (QED) is 0.535. The van der Waals surface area contributed by atoms with Gasteiger partial charge in [0, 0.05) is 12.2 Å².